The molecule has 0 radical (unpaired) electrons. The highest BCUT2D eigenvalue weighted by Gasteiger charge is 2.26. The van der Waals surface area contributed by atoms with Crippen LogP contribution in [-0.4, -0.2) is 64.3 Å². The van der Waals surface area contributed by atoms with Crippen LogP contribution in [0.1, 0.15) is 57.9 Å². The molecular weight excluding hydrogens is 610 g/mol. The number of aromatic carboxylic acids is 1. The zero-order valence-corrected chi connectivity index (χ0v) is 26.9. The van der Waals surface area contributed by atoms with E-state index in [1.807, 2.05) is 32.0 Å². The molecule has 5 N–H and O–H groups in total. The number of amides is 1. The van der Waals surface area contributed by atoms with Crippen LogP contribution in [0.4, 0.5) is 0 Å². The number of fused-ring (bicyclic) bond motifs is 1. The van der Waals surface area contributed by atoms with Crippen molar-refractivity contribution in [1.82, 2.24) is 30.4 Å². The first kappa shape index (κ1) is 32.7. The molecule has 3 heterocycles. The van der Waals surface area contributed by atoms with Gasteiger partial charge in [0, 0.05) is 36.3 Å². The van der Waals surface area contributed by atoms with Crippen LogP contribution in [0.15, 0.2) is 53.4 Å². The van der Waals surface area contributed by atoms with Gasteiger partial charge in [-0.05, 0) is 55.5 Å². The minimum absolute atomic E-state index is 0.0440. The van der Waals surface area contributed by atoms with Crippen molar-refractivity contribution in [2.75, 3.05) is 13.2 Å². The summed E-state index contributed by atoms with van der Waals surface area (Å²) in [6, 6.07) is 13.1. The third-order valence-corrected chi connectivity index (χ3v) is 8.65. The molecule has 0 bridgehead atoms. The van der Waals surface area contributed by atoms with E-state index in [2.05, 4.69) is 34.6 Å². The summed E-state index contributed by atoms with van der Waals surface area (Å²) in [5.74, 6) is -1.14. The van der Waals surface area contributed by atoms with Crippen LogP contribution in [0.2, 0.25) is 0 Å². The number of carbonyl (C=O) groups is 2. The second-order valence-electron chi connectivity index (χ2n) is 11.7. The highest BCUT2D eigenvalue weighted by atomic mass is 32.2. The Kier molecular flexibility index (Phi) is 9.51. The van der Waals surface area contributed by atoms with E-state index in [0.29, 0.717) is 36.9 Å². The van der Waals surface area contributed by atoms with Crippen LogP contribution in [-0.2, 0) is 23.1 Å². The smallest absolute Gasteiger partial charge is 0.337 e. The fourth-order valence-electron chi connectivity index (χ4n) is 5.64. The third kappa shape index (κ3) is 7.25. The Morgan fingerprint density at radius 2 is 1.85 bits per heavy atom. The summed E-state index contributed by atoms with van der Waals surface area (Å²) in [6.07, 6.45) is 0.756. The molecule has 46 heavy (non-hydrogen) atoms. The standard InChI is InChI=1S/C32H37N7O6S/c1-18(2)13-22(35-16-21-14-26-31(40)34-11-12-39(26)38-21)17-45-27-15-25(28-19(3)7-5-8-20(28)4)36-30(37-27)23-9-6-10-24(32(41)42)29(23)46(33,43)44/h5-10,14-15,18,22,35H,11-13,16-17H2,1-4H3,(H,34,40)(H,41,42)(H2,33,43,44)/t22-/m1/s1. The third-order valence-electron chi connectivity index (χ3n) is 7.64. The van der Waals surface area contributed by atoms with E-state index in [-0.39, 0.29) is 35.8 Å². The number of nitrogens with zero attached hydrogens (tertiary/aromatic N) is 4. The molecule has 242 valence electrons. The number of carboxylic acids is 1. The minimum Gasteiger partial charge on any atom is -0.478 e. The monoisotopic (exact) mass is 647 g/mol. The molecule has 2 aromatic carbocycles. The molecule has 1 aliphatic heterocycles. The quantitative estimate of drug-likeness (QED) is 0.177. The molecule has 1 atom stereocenters. The predicted molar refractivity (Wildman–Crippen MR) is 171 cm³/mol. The summed E-state index contributed by atoms with van der Waals surface area (Å²) >= 11 is 0. The lowest BCUT2D eigenvalue weighted by molar-refractivity contribution is 0.0692. The van der Waals surface area contributed by atoms with Gasteiger partial charge in [0.2, 0.25) is 15.9 Å². The van der Waals surface area contributed by atoms with Gasteiger partial charge in [0.15, 0.2) is 5.82 Å². The van der Waals surface area contributed by atoms with Gasteiger partial charge in [-0.15, -0.1) is 0 Å². The minimum atomic E-state index is -4.49. The fourth-order valence-corrected chi connectivity index (χ4v) is 6.57. The fraction of sp³-hybridized carbons (Fsp3) is 0.344. The van der Waals surface area contributed by atoms with Crippen LogP contribution in [0.25, 0.3) is 22.6 Å². The van der Waals surface area contributed by atoms with Gasteiger partial charge in [-0.2, -0.15) is 10.1 Å². The zero-order valence-electron chi connectivity index (χ0n) is 26.1. The molecule has 5 rings (SSSR count). The number of primary sulfonamides is 1. The maximum atomic E-state index is 12.7. The number of aryl methyl sites for hydroxylation is 2. The maximum Gasteiger partial charge on any atom is 0.337 e. The summed E-state index contributed by atoms with van der Waals surface area (Å²) in [4.78, 5) is 32.8. The first-order valence-electron chi connectivity index (χ1n) is 14.9. The SMILES string of the molecule is Cc1cccc(C)c1-c1cc(OC[C@@H](CC(C)C)NCc2cc3n(n2)CCNC3=O)nc(-c2cccc(C(=O)O)c2S(N)(=O)=O)n1. The van der Waals surface area contributed by atoms with E-state index in [4.69, 9.17) is 14.9 Å². The van der Waals surface area contributed by atoms with Crippen LogP contribution in [0.5, 0.6) is 5.88 Å². The number of hydrogen-bond donors (Lipinski definition) is 4. The lowest BCUT2D eigenvalue weighted by Crippen LogP contribution is -2.36. The maximum absolute atomic E-state index is 12.7. The molecule has 0 saturated carbocycles. The average Bonchev–Trinajstić information content (AvgIpc) is 3.42. The molecule has 4 aromatic rings. The normalized spacial score (nSPS) is 13.7. The van der Waals surface area contributed by atoms with Crippen molar-refractivity contribution in [2.45, 2.75) is 58.1 Å². The van der Waals surface area contributed by atoms with Crippen LogP contribution >= 0.6 is 0 Å². The number of carbonyl (C=O) groups excluding carboxylic acids is 1. The van der Waals surface area contributed by atoms with E-state index < -0.39 is 26.5 Å². The second-order valence-corrected chi connectivity index (χ2v) is 13.2. The average molecular weight is 648 g/mol. The number of benzene rings is 2. The van der Waals surface area contributed by atoms with Gasteiger partial charge in [-0.1, -0.05) is 38.1 Å². The Balaban J connectivity index is 1.51. The van der Waals surface area contributed by atoms with Gasteiger partial charge < -0.3 is 20.5 Å². The topological polar surface area (TPSA) is 191 Å². The lowest BCUT2D eigenvalue weighted by Gasteiger charge is -2.21. The summed E-state index contributed by atoms with van der Waals surface area (Å²) in [5, 5.41) is 26.1. The van der Waals surface area contributed by atoms with Crippen LogP contribution < -0.4 is 20.5 Å². The van der Waals surface area contributed by atoms with Crippen molar-refractivity contribution < 1.29 is 27.9 Å². The molecule has 14 heteroatoms. The van der Waals surface area contributed by atoms with Crippen molar-refractivity contribution in [2.24, 2.45) is 11.1 Å². The predicted octanol–water partition coefficient (Wildman–Crippen LogP) is 3.30. The van der Waals surface area contributed by atoms with E-state index in [1.54, 1.807) is 16.8 Å². The Morgan fingerprint density at radius 1 is 1.13 bits per heavy atom. The number of carboxylic acid groups (broad SMARTS) is 1. The first-order chi connectivity index (χ1) is 21.8. The number of rotatable bonds is 12. The second kappa shape index (κ2) is 13.4. The molecule has 2 aromatic heterocycles. The van der Waals surface area contributed by atoms with Crippen molar-refractivity contribution in [1.29, 1.82) is 0 Å². The van der Waals surface area contributed by atoms with Gasteiger partial charge in [0.25, 0.3) is 5.91 Å². The van der Waals surface area contributed by atoms with Gasteiger partial charge in [-0.3, -0.25) is 9.48 Å². The number of nitrogens with one attached hydrogen (secondary N) is 2. The Bertz CT molecular complexity index is 1880. The van der Waals surface area contributed by atoms with E-state index in [0.717, 1.165) is 28.8 Å². The number of nitrogens with two attached hydrogens (primary N) is 1. The summed E-state index contributed by atoms with van der Waals surface area (Å²) in [7, 11) is -4.49. The Hall–Kier alpha value is -4.66. The van der Waals surface area contributed by atoms with E-state index >= 15 is 0 Å². The molecule has 1 amide bonds. The molecule has 0 spiro atoms. The van der Waals surface area contributed by atoms with Crippen molar-refractivity contribution in [3.8, 4) is 28.5 Å². The van der Waals surface area contributed by atoms with Crippen LogP contribution in [0.3, 0.4) is 0 Å². The molecule has 0 saturated heterocycles. The van der Waals surface area contributed by atoms with Crippen molar-refractivity contribution in [3.05, 3.63) is 76.6 Å². The number of aromatic nitrogens is 4. The Labute approximate surface area is 267 Å². The highest BCUT2D eigenvalue weighted by molar-refractivity contribution is 7.89. The molecule has 0 aliphatic carbocycles. The summed E-state index contributed by atoms with van der Waals surface area (Å²) in [5.41, 5.74) is 3.87. The van der Waals surface area contributed by atoms with E-state index in [1.165, 1.54) is 18.2 Å². The molecule has 13 nitrogen and oxygen atoms in total. The number of hydrogen-bond acceptors (Lipinski definition) is 9. The van der Waals surface area contributed by atoms with Gasteiger partial charge in [0.05, 0.1) is 23.5 Å². The molecular formula is C32H37N7O6S. The van der Waals surface area contributed by atoms with E-state index in [9.17, 15) is 23.1 Å². The summed E-state index contributed by atoms with van der Waals surface area (Å²) in [6.45, 7) is 9.83. The molecule has 0 fully saturated rings. The van der Waals surface area contributed by atoms with Crippen LogP contribution in [0, 0.1) is 19.8 Å². The largest absolute Gasteiger partial charge is 0.478 e. The highest BCUT2D eigenvalue weighted by Crippen LogP contribution is 2.33. The van der Waals surface area contributed by atoms with Gasteiger partial charge >= 0.3 is 5.97 Å². The summed E-state index contributed by atoms with van der Waals surface area (Å²) < 4.78 is 33.3. The van der Waals surface area contributed by atoms with Crippen molar-refractivity contribution >= 4 is 21.9 Å². The number of ether oxygens (including phenoxy) is 1. The first-order valence-corrected chi connectivity index (χ1v) is 16.4. The molecule has 1 aliphatic rings. The van der Waals surface area contributed by atoms with Gasteiger partial charge in [-0.25, -0.2) is 23.3 Å². The molecule has 0 unspecified atom stereocenters. The van der Waals surface area contributed by atoms with Gasteiger partial charge in [0.1, 0.15) is 17.2 Å². The van der Waals surface area contributed by atoms with Crippen molar-refractivity contribution in [3.63, 3.8) is 0 Å². The number of sulfonamides is 1. The zero-order chi connectivity index (χ0) is 33.2. The lowest BCUT2D eigenvalue weighted by atomic mass is 9.99. The Morgan fingerprint density at radius 3 is 2.50 bits per heavy atom.